The van der Waals surface area contributed by atoms with Crippen LogP contribution in [0.3, 0.4) is 0 Å². The molecule has 0 bridgehead atoms. The Hall–Kier alpha value is -2.88. The summed E-state index contributed by atoms with van der Waals surface area (Å²) >= 11 is 8.59. The van der Waals surface area contributed by atoms with Gasteiger partial charge in [-0.1, -0.05) is 29.8 Å². The molecule has 0 spiro atoms. The molecule has 1 aromatic heterocycles. The summed E-state index contributed by atoms with van der Waals surface area (Å²) < 4.78 is 4.94. The zero-order chi connectivity index (χ0) is 22.1. The fraction of sp³-hybridized carbons (Fsp3) is 0.143. The summed E-state index contributed by atoms with van der Waals surface area (Å²) in [5.74, 6) is -1.47. The van der Waals surface area contributed by atoms with E-state index >= 15 is 0 Å². The third kappa shape index (κ3) is 4.04. The van der Waals surface area contributed by atoms with Crippen molar-refractivity contribution in [3.8, 4) is 0 Å². The van der Waals surface area contributed by atoms with Crippen molar-refractivity contribution in [2.45, 2.75) is 13.0 Å². The van der Waals surface area contributed by atoms with E-state index in [2.05, 4.69) is 10.3 Å². The van der Waals surface area contributed by atoms with Crippen molar-refractivity contribution in [2.75, 3.05) is 12.4 Å². The van der Waals surface area contributed by atoms with Crippen molar-refractivity contribution in [3.63, 3.8) is 0 Å². The Morgan fingerprint density at radius 2 is 2.00 bits per heavy atom. The highest BCUT2D eigenvalue weighted by atomic mass is 35.5. The van der Waals surface area contributed by atoms with Gasteiger partial charge in [0.15, 0.2) is 5.17 Å². The molecule has 2 aliphatic heterocycles. The van der Waals surface area contributed by atoms with E-state index in [0.717, 1.165) is 16.6 Å². The van der Waals surface area contributed by atoms with Crippen LogP contribution in [0.2, 0.25) is 5.02 Å². The maximum atomic E-state index is 13.1. The summed E-state index contributed by atoms with van der Waals surface area (Å²) in [7, 11) is 1.29. The van der Waals surface area contributed by atoms with Crippen LogP contribution in [0.15, 0.2) is 69.0 Å². The molecule has 0 radical (unpaired) electrons. The molecule has 31 heavy (non-hydrogen) atoms. The van der Waals surface area contributed by atoms with Gasteiger partial charge < -0.3 is 10.1 Å². The number of benzene rings is 1. The summed E-state index contributed by atoms with van der Waals surface area (Å²) in [6.45, 7) is 1.68. The molecule has 10 heteroatoms. The van der Waals surface area contributed by atoms with Crippen LogP contribution in [0.1, 0.15) is 17.8 Å². The SMILES string of the molecule is COC(=O)C1=C(C)N=C2SC(C(=O)Nc3ccccc3Cl)=CC(=O)N2[C@H]1c1cccs1. The molecule has 0 aliphatic carbocycles. The van der Waals surface area contributed by atoms with Crippen LogP contribution in [0.4, 0.5) is 5.69 Å². The number of para-hydroxylation sites is 1. The van der Waals surface area contributed by atoms with Crippen LogP contribution in [-0.2, 0) is 19.1 Å². The second-order valence-corrected chi connectivity index (χ2v) is 8.95. The standard InChI is InChI=1S/C21H16ClN3O4S2/c1-11-17(20(28)29-2)18(14-8-5-9-30-14)25-16(26)10-15(31-21(25)23-11)19(27)24-13-7-4-3-6-12(13)22/h3-10,18H,1-2H3,(H,24,27)/t18-/m0/s1. The number of allylic oxidation sites excluding steroid dienone is 1. The summed E-state index contributed by atoms with van der Waals surface area (Å²) in [6, 6.07) is 9.84. The number of thioether (sulfide) groups is 1. The number of halogens is 1. The van der Waals surface area contributed by atoms with Crippen molar-refractivity contribution in [1.82, 2.24) is 4.90 Å². The molecule has 1 aromatic carbocycles. The van der Waals surface area contributed by atoms with Crippen LogP contribution in [0.5, 0.6) is 0 Å². The zero-order valence-corrected chi connectivity index (χ0v) is 18.8. The number of anilines is 1. The fourth-order valence-electron chi connectivity index (χ4n) is 3.24. The molecule has 0 saturated carbocycles. The van der Waals surface area contributed by atoms with Gasteiger partial charge in [-0.15, -0.1) is 11.3 Å². The number of hydrogen-bond donors (Lipinski definition) is 1. The lowest BCUT2D eigenvalue weighted by Gasteiger charge is -2.37. The van der Waals surface area contributed by atoms with Crippen molar-refractivity contribution in [2.24, 2.45) is 4.99 Å². The summed E-state index contributed by atoms with van der Waals surface area (Å²) in [4.78, 5) is 45.2. The minimum absolute atomic E-state index is 0.180. The number of ether oxygens (including phenoxy) is 1. The first kappa shape index (κ1) is 21.4. The molecule has 1 atom stereocenters. The number of thiophene rings is 1. The lowest BCUT2D eigenvalue weighted by atomic mass is 10.0. The molecular weight excluding hydrogens is 458 g/mol. The Kier molecular flexibility index (Phi) is 5.99. The van der Waals surface area contributed by atoms with Gasteiger partial charge in [0.2, 0.25) is 0 Å². The minimum atomic E-state index is -0.677. The van der Waals surface area contributed by atoms with Crippen LogP contribution in [0.25, 0.3) is 0 Å². The fourth-order valence-corrected chi connectivity index (χ4v) is 5.23. The predicted octanol–water partition coefficient (Wildman–Crippen LogP) is 4.36. The number of esters is 1. The number of hydrogen-bond acceptors (Lipinski definition) is 7. The number of amides is 2. The number of carbonyl (C=O) groups excluding carboxylic acids is 3. The summed E-state index contributed by atoms with van der Waals surface area (Å²) in [5, 5.41) is 5.29. The van der Waals surface area contributed by atoms with Gasteiger partial charge in [-0.3, -0.25) is 14.5 Å². The van der Waals surface area contributed by atoms with Crippen LogP contribution in [0, 0.1) is 0 Å². The molecule has 0 fully saturated rings. The van der Waals surface area contributed by atoms with E-state index in [1.807, 2.05) is 17.5 Å². The molecule has 0 unspecified atom stereocenters. The second-order valence-electron chi connectivity index (χ2n) is 6.56. The van der Waals surface area contributed by atoms with Crippen LogP contribution < -0.4 is 5.32 Å². The third-order valence-corrected chi connectivity index (χ3v) is 6.90. The summed E-state index contributed by atoms with van der Waals surface area (Å²) in [5.41, 5.74) is 1.17. The van der Waals surface area contributed by atoms with Crippen molar-refractivity contribution in [1.29, 1.82) is 0 Å². The van der Waals surface area contributed by atoms with Gasteiger partial charge in [0.25, 0.3) is 11.8 Å². The van der Waals surface area contributed by atoms with E-state index in [9.17, 15) is 14.4 Å². The Morgan fingerprint density at radius 1 is 1.23 bits per heavy atom. The lowest BCUT2D eigenvalue weighted by Crippen LogP contribution is -2.44. The van der Waals surface area contributed by atoms with E-state index in [4.69, 9.17) is 16.3 Å². The maximum absolute atomic E-state index is 13.1. The number of nitrogens with zero attached hydrogens (tertiary/aromatic N) is 2. The lowest BCUT2D eigenvalue weighted by molar-refractivity contribution is -0.137. The first-order chi connectivity index (χ1) is 14.9. The van der Waals surface area contributed by atoms with Crippen molar-refractivity contribution in [3.05, 3.63) is 73.9 Å². The molecule has 158 valence electrons. The number of carbonyl (C=O) groups is 3. The van der Waals surface area contributed by atoms with Gasteiger partial charge in [-0.05, 0) is 42.3 Å². The monoisotopic (exact) mass is 473 g/mol. The van der Waals surface area contributed by atoms with E-state index in [-0.39, 0.29) is 4.91 Å². The highest BCUT2D eigenvalue weighted by Gasteiger charge is 2.43. The number of rotatable bonds is 4. The van der Waals surface area contributed by atoms with E-state index in [1.165, 1.54) is 29.4 Å². The first-order valence-electron chi connectivity index (χ1n) is 9.10. The van der Waals surface area contributed by atoms with Crippen molar-refractivity contribution >= 4 is 63.3 Å². The smallest absolute Gasteiger partial charge is 0.338 e. The van der Waals surface area contributed by atoms with E-state index < -0.39 is 23.8 Å². The Balaban J connectivity index is 1.71. The van der Waals surface area contributed by atoms with Gasteiger partial charge in [0.05, 0.1) is 34.0 Å². The summed E-state index contributed by atoms with van der Waals surface area (Å²) in [6.07, 6.45) is 1.24. The van der Waals surface area contributed by atoms with Crippen LogP contribution >= 0.6 is 34.7 Å². The Morgan fingerprint density at radius 3 is 2.68 bits per heavy atom. The van der Waals surface area contributed by atoms with Crippen molar-refractivity contribution < 1.29 is 19.1 Å². The van der Waals surface area contributed by atoms with Crippen LogP contribution in [-0.4, -0.2) is 35.0 Å². The molecule has 4 rings (SSSR count). The highest BCUT2D eigenvalue weighted by Crippen LogP contribution is 2.43. The Bertz CT molecular complexity index is 1170. The molecule has 2 amide bonds. The molecule has 0 saturated heterocycles. The first-order valence-corrected chi connectivity index (χ1v) is 11.2. The number of methoxy groups -OCH3 is 1. The molecule has 2 aliphatic rings. The topological polar surface area (TPSA) is 88.1 Å². The van der Waals surface area contributed by atoms with Gasteiger partial charge in [0, 0.05) is 11.0 Å². The second kappa shape index (κ2) is 8.70. The minimum Gasteiger partial charge on any atom is -0.466 e. The van der Waals surface area contributed by atoms with Gasteiger partial charge in [-0.2, -0.15) is 0 Å². The predicted molar refractivity (Wildman–Crippen MR) is 122 cm³/mol. The van der Waals surface area contributed by atoms with E-state index in [0.29, 0.717) is 27.1 Å². The number of aliphatic imine (C=N–C) groups is 1. The average Bonchev–Trinajstić information content (AvgIpc) is 3.28. The Labute approximate surface area is 191 Å². The average molecular weight is 474 g/mol. The third-order valence-electron chi connectivity index (χ3n) is 4.65. The molecular formula is C21H16ClN3O4S2. The van der Waals surface area contributed by atoms with E-state index in [1.54, 1.807) is 31.2 Å². The normalized spacial score (nSPS) is 18.2. The molecule has 7 nitrogen and oxygen atoms in total. The zero-order valence-electron chi connectivity index (χ0n) is 16.4. The number of nitrogens with one attached hydrogen (secondary N) is 1. The van der Waals surface area contributed by atoms with Gasteiger partial charge >= 0.3 is 5.97 Å². The highest BCUT2D eigenvalue weighted by molar-refractivity contribution is 8.18. The largest absolute Gasteiger partial charge is 0.466 e. The van der Waals surface area contributed by atoms with Gasteiger partial charge in [-0.25, -0.2) is 9.79 Å². The number of fused-ring (bicyclic) bond motifs is 1. The number of amidine groups is 1. The molecule has 1 N–H and O–H groups in total. The quantitative estimate of drug-likeness (QED) is 0.666. The molecule has 3 heterocycles. The van der Waals surface area contributed by atoms with Gasteiger partial charge in [0.1, 0.15) is 6.04 Å². The maximum Gasteiger partial charge on any atom is 0.338 e. The molecule has 2 aromatic rings.